The molecule has 1 atom stereocenters. The number of benzene rings is 2. The van der Waals surface area contributed by atoms with Gasteiger partial charge in [0.1, 0.15) is 6.04 Å². The molecule has 0 saturated heterocycles. The summed E-state index contributed by atoms with van der Waals surface area (Å²) in [5, 5.41) is 7.55. The second kappa shape index (κ2) is 8.78. The molecule has 0 aliphatic carbocycles. The predicted molar refractivity (Wildman–Crippen MR) is 108 cm³/mol. The highest BCUT2D eigenvalue weighted by molar-refractivity contribution is 9.10. The lowest BCUT2D eigenvalue weighted by Crippen LogP contribution is -2.45. The normalized spacial score (nSPS) is 11.6. The van der Waals surface area contributed by atoms with Crippen LogP contribution in [0.4, 0.5) is 5.69 Å². The number of anilines is 1. The van der Waals surface area contributed by atoms with E-state index < -0.39 is 6.04 Å². The number of hydrogen-bond acceptors (Lipinski definition) is 3. The first kappa shape index (κ1) is 18.4. The molecule has 26 heavy (non-hydrogen) atoms. The Bertz CT molecular complexity index is 865. The first-order valence-electron chi connectivity index (χ1n) is 8.06. The third kappa shape index (κ3) is 5.03. The van der Waals surface area contributed by atoms with Gasteiger partial charge in [0.2, 0.25) is 5.91 Å². The van der Waals surface area contributed by atoms with Gasteiger partial charge in [0.25, 0.3) is 5.91 Å². The van der Waals surface area contributed by atoms with E-state index in [1.54, 1.807) is 6.07 Å². The molecule has 0 radical (unpaired) electrons. The second-order valence-electron chi connectivity index (χ2n) is 5.69. The fourth-order valence-electron chi connectivity index (χ4n) is 2.46. The molecule has 2 N–H and O–H groups in total. The van der Waals surface area contributed by atoms with E-state index in [9.17, 15) is 9.59 Å². The number of amides is 2. The van der Waals surface area contributed by atoms with Crippen molar-refractivity contribution in [3.8, 4) is 0 Å². The Labute approximate surface area is 164 Å². The molecule has 2 aromatic carbocycles. The highest BCUT2D eigenvalue weighted by atomic mass is 79.9. The van der Waals surface area contributed by atoms with Crippen molar-refractivity contribution in [2.45, 2.75) is 12.5 Å². The lowest BCUT2D eigenvalue weighted by molar-refractivity contribution is -0.118. The summed E-state index contributed by atoms with van der Waals surface area (Å²) in [6.07, 6.45) is 0.417. The van der Waals surface area contributed by atoms with Gasteiger partial charge in [-0.25, -0.2) is 0 Å². The number of rotatable bonds is 6. The maximum absolute atomic E-state index is 12.8. The first-order valence-corrected chi connectivity index (χ1v) is 9.74. The summed E-state index contributed by atoms with van der Waals surface area (Å²) in [5.41, 5.74) is 1.66. The van der Waals surface area contributed by atoms with Gasteiger partial charge >= 0.3 is 0 Å². The van der Waals surface area contributed by atoms with Gasteiger partial charge < -0.3 is 10.6 Å². The van der Waals surface area contributed by atoms with Gasteiger partial charge in [-0.2, -0.15) is 0 Å². The smallest absolute Gasteiger partial charge is 0.262 e. The van der Waals surface area contributed by atoms with Crippen LogP contribution in [0.2, 0.25) is 0 Å². The standard InChI is InChI=1S/C20H17BrN2O2S/c21-15-8-10-16(11-9-15)22-19(24)17(13-14-5-2-1-3-6-14)23-20(25)18-7-4-12-26-18/h1-12,17H,13H2,(H,22,24)(H,23,25). The molecule has 1 unspecified atom stereocenters. The summed E-state index contributed by atoms with van der Waals surface area (Å²) in [7, 11) is 0. The molecule has 2 amide bonds. The minimum Gasteiger partial charge on any atom is -0.339 e. The van der Waals surface area contributed by atoms with E-state index >= 15 is 0 Å². The fraction of sp³-hybridized carbons (Fsp3) is 0.100. The highest BCUT2D eigenvalue weighted by Gasteiger charge is 2.22. The molecule has 6 heteroatoms. The van der Waals surface area contributed by atoms with Crippen LogP contribution in [0.1, 0.15) is 15.2 Å². The number of nitrogens with one attached hydrogen (secondary N) is 2. The molecule has 0 aliphatic heterocycles. The summed E-state index contributed by atoms with van der Waals surface area (Å²) in [4.78, 5) is 25.8. The lowest BCUT2D eigenvalue weighted by atomic mass is 10.0. The molecule has 0 spiro atoms. The van der Waals surface area contributed by atoms with Crippen LogP contribution in [0, 0.1) is 0 Å². The van der Waals surface area contributed by atoms with Gasteiger partial charge in [0.05, 0.1) is 4.88 Å². The zero-order valence-corrected chi connectivity index (χ0v) is 16.2. The van der Waals surface area contributed by atoms with Crippen molar-refractivity contribution in [2.24, 2.45) is 0 Å². The maximum atomic E-state index is 12.8. The SMILES string of the molecule is O=C(NC(Cc1ccccc1)C(=O)Nc1ccc(Br)cc1)c1cccs1. The van der Waals surface area contributed by atoms with E-state index in [0.717, 1.165) is 10.0 Å². The molecular weight excluding hydrogens is 412 g/mol. The highest BCUT2D eigenvalue weighted by Crippen LogP contribution is 2.15. The molecule has 3 aromatic rings. The van der Waals surface area contributed by atoms with Crippen LogP contribution in [0.5, 0.6) is 0 Å². The van der Waals surface area contributed by atoms with Crippen molar-refractivity contribution in [1.29, 1.82) is 0 Å². The number of carbonyl (C=O) groups excluding carboxylic acids is 2. The minimum atomic E-state index is -0.671. The fourth-order valence-corrected chi connectivity index (χ4v) is 3.35. The molecule has 0 aliphatic rings. The largest absolute Gasteiger partial charge is 0.339 e. The van der Waals surface area contributed by atoms with Crippen LogP contribution < -0.4 is 10.6 Å². The third-order valence-electron chi connectivity index (χ3n) is 3.76. The maximum Gasteiger partial charge on any atom is 0.262 e. The number of thiophene rings is 1. The summed E-state index contributed by atoms with van der Waals surface area (Å²) in [6.45, 7) is 0. The van der Waals surface area contributed by atoms with E-state index in [1.807, 2.05) is 66.0 Å². The Hall–Kier alpha value is -2.44. The monoisotopic (exact) mass is 428 g/mol. The molecule has 0 fully saturated rings. The van der Waals surface area contributed by atoms with Crippen LogP contribution in [0.25, 0.3) is 0 Å². The van der Waals surface area contributed by atoms with Crippen molar-refractivity contribution in [1.82, 2.24) is 5.32 Å². The topological polar surface area (TPSA) is 58.2 Å². The van der Waals surface area contributed by atoms with Crippen molar-refractivity contribution in [2.75, 3.05) is 5.32 Å². The van der Waals surface area contributed by atoms with Crippen LogP contribution in [-0.2, 0) is 11.2 Å². The van der Waals surface area contributed by atoms with E-state index in [1.165, 1.54) is 11.3 Å². The van der Waals surface area contributed by atoms with Crippen LogP contribution in [0.15, 0.2) is 76.6 Å². The molecular formula is C20H17BrN2O2S. The Morgan fingerprint density at radius 3 is 2.35 bits per heavy atom. The van der Waals surface area contributed by atoms with Gasteiger partial charge in [-0.15, -0.1) is 11.3 Å². The summed E-state index contributed by atoms with van der Waals surface area (Å²) < 4.78 is 0.933. The first-order chi connectivity index (χ1) is 12.6. The zero-order valence-electron chi connectivity index (χ0n) is 13.8. The number of halogens is 1. The minimum absolute atomic E-state index is 0.244. The second-order valence-corrected chi connectivity index (χ2v) is 7.55. The van der Waals surface area contributed by atoms with E-state index in [-0.39, 0.29) is 11.8 Å². The lowest BCUT2D eigenvalue weighted by Gasteiger charge is -2.18. The van der Waals surface area contributed by atoms with Crippen molar-refractivity contribution < 1.29 is 9.59 Å². The van der Waals surface area contributed by atoms with Crippen molar-refractivity contribution in [3.63, 3.8) is 0 Å². The summed E-state index contributed by atoms with van der Waals surface area (Å²) >= 11 is 4.72. The average molecular weight is 429 g/mol. The number of carbonyl (C=O) groups is 2. The van der Waals surface area contributed by atoms with Crippen LogP contribution in [0.3, 0.4) is 0 Å². The van der Waals surface area contributed by atoms with Crippen molar-refractivity contribution in [3.05, 3.63) is 87.0 Å². The molecule has 3 rings (SSSR count). The zero-order chi connectivity index (χ0) is 18.4. The molecule has 132 valence electrons. The van der Waals surface area contributed by atoms with E-state index in [0.29, 0.717) is 17.0 Å². The van der Waals surface area contributed by atoms with Gasteiger partial charge in [-0.3, -0.25) is 9.59 Å². The van der Waals surface area contributed by atoms with Crippen LogP contribution >= 0.6 is 27.3 Å². The Kier molecular flexibility index (Phi) is 6.20. The summed E-state index contributed by atoms with van der Waals surface area (Å²) in [5.74, 6) is -0.493. The quantitative estimate of drug-likeness (QED) is 0.607. The van der Waals surface area contributed by atoms with Gasteiger partial charge in [-0.05, 0) is 41.3 Å². The molecule has 0 saturated carbocycles. The molecule has 4 nitrogen and oxygen atoms in total. The summed E-state index contributed by atoms with van der Waals surface area (Å²) in [6, 6.07) is 19.8. The predicted octanol–water partition coefficient (Wildman–Crippen LogP) is 4.49. The van der Waals surface area contributed by atoms with Gasteiger partial charge in [-0.1, -0.05) is 52.3 Å². The molecule has 1 heterocycles. The van der Waals surface area contributed by atoms with E-state index in [4.69, 9.17) is 0 Å². The Morgan fingerprint density at radius 2 is 1.69 bits per heavy atom. The van der Waals surface area contributed by atoms with Crippen molar-refractivity contribution >= 4 is 44.8 Å². The molecule has 0 bridgehead atoms. The van der Waals surface area contributed by atoms with Crippen LogP contribution in [-0.4, -0.2) is 17.9 Å². The van der Waals surface area contributed by atoms with E-state index in [2.05, 4.69) is 26.6 Å². The molecule has 1 aromatic heterocycles. The third-order valence-corrected chi connectivity index (χ3v) is 5.16. The Morgan fingerprint density at radius 1 is 0.962 bits per heavy atom. The Balaban J connectivity index is 1.75. The van der Waals surface area contributed by atoms with Gasteiger partial charge in [0.15, 0.2) is 0 Å². The number of hydrogen-bond donors (Lipinski definition) is 2. The average Bonchev–Trinajstić information content (AvgIpc) is 3.19. The van der Waals surface area contributed by atoms with Gasteiger partial charge in [0, 0.05) is 16.6 Å².